The summed E-state index contributed by atoms with van der Waals surface area (Å²) in [5.74, 6) is 1.77. The van der Waals surface area contributed by atoms with E-state index in [0.29, 0.717) is 29.0 Å². The van der Waals surface area contributed by atoms with E-state index in [4.69, 9.17) is 18.9 Å². The molecule has 8 heteroatoms. The van der Waals surface area contributed by atoms with Gasteiger partial charge in [0.25, 0.3) is 0 Å². The van der Waals surface area contributed by atoms with Crippen molar-refractivity contribution in [2.24, 2.45) is 0 Å². The number of ether oxygens (including phenoxy) is 2. The first-order chi connectivity index (χ1) is 13.3. The number of piperidine rings is 1. The van der Waals surface area contributed by atoms with Crippen LogP contribution in [0.2, 0.25) is 0 Å². The molecule has 4 rings (SSSR count). The molecule has 1 aliphatic heterocycles. The van der Waals surface area contributed by atoms with E-state index in [-0.39, 0.29) is 6.01 Å². The van der Waals surface area contributed by atoms with Crippen LogP contribution in [0, 0.1) is 0 Å². The topological polar surface area (TPSA) is 86.4 Å². The van der Waals surface area contributed by atoms with Crippen molar-refractivity contribution in [3.05, 3.63) is 30.7 Å². The Morgan fingerprint density at radius 3 is 2.59 bits per heavy atom. The zero-order valence-electron chi connectivity index (χ0n) is 15.4. The molecule has 0 aromatic carbocycles. The minimum absolute atomic E-state index is 0.217. The maximum absolute atomic E-state index is 5.62. The van der Waals surface area contributed by atoms with E-state index < -0.39 is 0 Å². The van der Waals surface area contributed by atoms with Crippen molar-refractivity contribution in [1.82, 2.24) is 19.9 Å². The van der Waals surface area contributed by atoms with E-state index >= 15 is 0 Å². The van der Waals surface area contributed by atoms with Crippen LogP contribution < -0.4 is 14.4 Å². The Hall–Kier alpha value is -3.16. The molecule has 27 heavy (non-hydrogen) atoms. The fourth-order valence-electron chi connectivity index (χ4n) is 3.15. The maximum atomic E-state index is 5.62. The van der Waals surface area contributed by atoms with E-state index in [0.717, 1.165) is 31.5 Å². The number of furan rings is 1. The van der Waals surface area contributed by atoms with Crippen molar-refractivity contribution in [3.8, 4) is 34.6 Å². The number of anilines is 1. The summed E-state index contributed by atoms with van der Waals surface area (Å²) in [6.45, 7) is 1.93. The van der Waals surface area contributed by atoms with Crippen LogP contribution in [0.1, 0.15) is 19.3 Å². The molecule has 1 aliphatic rings. The van der Waals surface area contributed by atoms with E-state index in [9.17, 15) is 0 Å². The second-order valence-electron chi connectivity index (χ2n) is 6.24. The monoisotopic (exact) mass is 367 g/mol. The molecule has 3 aromatic heterocycles. The van der Waals surface area contributed by atoms with Crippen LogP contribution in [0.4, 0.5) is 5.95 Å². The quantitative estimate of drug-likeness (QED) is 0.679. The number of rotatable bonds is 5. The molecule has 0 bridgehead atoms. The summed E-state index contributed by atoms with van der Waals surface area (Å²) < 4.78 is 16.1. The van der Waals surface area contributed by atoms with Gasteiger partial charge in [0.1, 0.15) is 5.69 Å². The van der Waals surface area contributed by atoms with Gasteiger partial charge >= 0.3 is 6.01 Å². The van der Waals surface area contributed by atoms with Crippen LogP contribution in [-0.4, -0.2) is 47.2 Å². The Bertz CT molecular complexity index is 885. The average molecular weight is 367 g/mol. The van der Waals surface area contributed by atoms with Crippen LogP contribution >= 0.6 is 0 Å². The molecule has 3 aromatic rings. The van der Waals surface area contributed by atoms with Crippen LogP contribution in [0.5, 0.6) is 11.9 Å². The number of methoxy groups -OCH3 is 2. The highest BCUT2D eigenvalue weighted by Crippen LogP contribution is 2.33. The second-order valence-corrected chi connectivity index (χ2v) is 6.24. The smallest absolute Gasteiger partial charge is 0.320 e. The molecule has 1 saturated heterocycles. The lowest BCUT2D eigenvalue weighted by molar-refractivity contribution is 0.352. The van der Waals surface area contributed by atoms with Crippen molar-refractivity contribution >= 4 is 5.95 Å². The minimum Gasteiger partial charge on any atom is -0.481 e. The molecular weight excluding hydrogens is 346 g/mol. The number of nitrogens with zero attached hydrogens (tertiary/aromatic N) is 5. The number of hydrogen-bond donors (Lipinski definition) is 0. The van der Waals surface area contributed by atoms with E-state index in [1.54, 1.807) is 25.6 Å². The van der Waals surface area contributed by atoms with Crippen molar-refractivity contribution in [2.75, 3.05) is 32.2 Å². The molecule has 0 amide bonds. The average Bonchev–Trinajstić information content (AvgIpc) is 3.28. The van der Waals surface area contributed by atoms with Gasteiger partial charge in [0.2, 0.25) is 11.8 Å². The third kappa shape index (κ3) is 3.55. The first kappa shape index (κ1) is 17.3. The van der Waals surface area contributed by atoms with Gasteiger partial charge in [-0.1, -0.05) is 0 Å². The number of hydrogen-bond acceptors (Lipinski definition) is 8. The lowest BCUT2D eigenvalue weighted by atomic mass is 10.1. The largest absolute Gasteiger partial charge is 0.481 e. The van der Waals surface area contributed by atoms with Crippen molar-refractivity contribution in [1.29, 1.82) is 0 Å². The molecule has 0 spiro atoms. The summed E-state index contributed by atoms with van der Waals surface area (Å²) in [4.78, 5) is 20.2. The molecule has 0 aliphatic carbocycles. The highest BCUT2D eigenvalue weighted by atomic mass is 16.5. The standard InChI is InChI=1S/C19H21N5O3/c1-25-16-11-14(21-19(22-16)26-2)13-12-20-18(24-8-4-3-5-9-24)23-17(13)15-7-6-10-27-15/h6-7,10-12H,3-5,8-9H2,1-2H3. The Labute approximate surface area is 157 Å². The van der Waals surface area contributed by atoms with Gasteiger partial charge in [0.15, 0.2) is 5.76 Å². The van der Waals surface area contributed by atoms with Gasteiger partial charge in [-0.25, -0.2) is 9.97 Å². The third-order valence-corrected chi connectivity index (χ3v) is 4.52. The summed E-state index contributed by atoms with van der Waals surface area (Å²) in [6.07, 6.45) is 6.96. The van der Waals surface area contributed by atoms with Crippen LogP contribution in [0.25, 0.3) is 22.7 Å². The fraction of sp³-hybridized carbons (Fsp3) is 0.368. The van der Waals surface area contributed by atoms with Crippen molar-refractivity contribution in [2.45, 2.75) is 19.3 Å². The van der Waals surface area contributed by atoms with Crippen molar-refractivity contribution in [3.63, 3.8) is 0 Å². The Kier molecular flexibility index (Phi) is 4.86. The van der Waals surface area contributed by atoms with Gasteiger partial charge < -0.3 is 18.8 Å². The molecule has 0 atom stereocenters. The minimum atomic E-state index is 0.217. The zero-order valence-corrected chi connectivity index (χ0v) is 15.4. The maximum Gasteiger partial charge on any atom is 0.320 e. The SMILES string of the molecule is COc1cc(-c2cnc(N3CCCCC3)nc2-c2ccco2)nc(OC)n1. The molecular formula is C19H21N5O3. The van der Waals surface area contributed by atoms with Gasteiger partial charge in [0, 0.05) is 30.9 Å². The number of aromatic nitrogens is 4. The molecule has 1 fully saturated rings. The highest BCUT2D eigenvalue weighted by molar-refractivity contribution is 5.77. The van der Waals surface area contributed by atoms with Gasteiger partial charge in [-0.2, -0.15) is 9.97 Å². The van der Waals surface area contributed by atoms with E-state index in [1.807, 2.05) is 12.1 Å². The zero-order chi connectivity index (χ0) is 18.6. The molecule has 0 unspecified atom stereocenters. The van der Waals surface area contributed by atoms with Gasteiger partial charge in [-0.15, -0.1) is 0 Å². The third-order valence-electron chi connectivity index (χ3n) is 4.52. The normalized spacial score (nSPS) is 14.2. The van der Waals surface area contributed by atoms with Gasteiger partial charge in [-0.3, -0.25) is 0 Å². The Balaban J connectivity index is 1.83. The van der Waals surface area contributed by atoms with Crippen LogP contribution in [0.3, 0.4) is 0 Å². The first-order valence-corrected chi connectivity index (χ1v) is 8.92. The lowest BCUT2D eigenvalue weighted by Gasteiger charge is -2.27. The summed E-state index contributed by atoms with van der Waals surface area (Å²) >= 11 is 0. The predicted molar refractivity (Wildman–Crippen MR) is 99.9 cm³/mol. The molecule has 4 heterocycles. The lowest BCUT2D eigenvalue weighted by Crippen LogP contribution is -2.31. The Morgan fingerprint density at radius 1 is 1.04 bits per heavy atom. The summed E-state index contributed by atoms with van der Waals surface area (Å²) in [6, 6.07) is 5.66. The molecule has 0 saturated carbocycles. The molecule has 140 valence electrons. The molecule has 0 radical (unpaired) electrons. The molecule has 8 nitrogen and oxygen atoms in total. The van der Waals surface area contributed by atoms with Crippen LogP contribution in [0.15, 0.2) is 35.1 Å². The highest BCUT2D eigenvalue weighted by Gasteiger charge is 2.20. The van der Waals surface area contributed by atoms with Gasteiger partial charge in [0.05, 0.1) is 26.2 Å². The summed E-state index contributed by atoms with van der Waals surface area (Å²) in [5.41, 5.74) is 2.01. The van der Waals surface area contributed by atoms with Gasteiger partial charge in [-0.05, 0) is 31.4 Å². The first-order valence-electron chi connectivity index (χ1n) is 8.92. The predicted octanol–water partition coefficient (Wildman–Crippen LogP) is 3.20. The van der Waals surface area contributed by atoms with Crippen molar-refractivity contribution < 1.29 is 13.9 Å². The second kappa shape index (κ2) is 7.61. The molecule has 0 N–H and O–H groups in total. The van der Waals surface area contributed by atoms with E-state index in [2.05, 4.69) is 19.9 Å². The van der Waals surface area contributed by atoms with E-state index in [1.165, 1.54) is 13.5 Å². The summed E-state index contributed by atoms with van der Waals surface area (Å²) in [5, 5.41) is 0. The fourth-order valence-corrected chi connectivity index (χ4v) is 3.15. The summed E-state index contributed by atoms with van der Waals surface area (Å²) in [7, 11) is 3.07. The Morgan fingerprint density at radius 2 is 1.89 bits per heavy atom. The van der Waals surface area contributed by atoms with Crippen LogP contribution in [-0.2, 0) is 0 Å².